The van der Waals surface area contributed by atoms with Crippen LogP contribution in [-0.2, 0) is 24.4 Å². The highest BCUT2D eigenvalue weighted by atomic mass is 16.5. The summed E-state index contributed by atoms with van der Waals surface area (Å²) in [5.41, 5.74) is 2.14. The largest absolute Gasteiger partial charge is 0.497 e. The van der Waals surface area contributed by atoms with Crippen molar-refractivity contribution in [1.82, 2.24) is 25.1 Å². The number of aryl methyl sites for hydroxylation is 1. The summed E-state index contributed by atoms with van der Waals surface area (Å²) >= 11 is 0. The molecule has 194 valence electrons. The second-order valence-corrected chi connectivity index (χ2v) is 9.50. The van der Waals surface area contributed by atoms with Crippen molar-refractivity contribution >= 4 is 17.7 Å². The lowest BCUT2D eigenvalue weighted by molar-refractivity contribution is -0.133. The molecule has 2 N–H and O–H groups in total. The van der Waals surface area contributed by atoms with Crippen LogP contribution < -0.4 is 15.4 Å². The van der Waals surface area contributed by atoms with E-state index in [0.29, 0.717) is 19.5 Å². The smallest absolute Gasteiger partial charge is 0.273 e. The Labute approximate surface area is 216 Å². The number of nitrogens with one attached hydrogen (secondary N) is 2. The van der Waals surface area contributed by atoms with Crippen LogP contribution in [0.4, 0.5) is 0 Å². The number of carbonyl (C=O) groups is 3. The third-order valence-corrected chi connectivity index (χ3v) is 6.70. The van der Waals surface area contributed by atoms with Crippen LogP contribution in [0.15, 0.2) is 54.9 Å². The molecule has 1 aliphatic heterocycles. The van der Waals surface area contributed by atoms with Gasteiger partial charge in [0.25, 0.3) is 11.8 Å². The average molecular weight is 504 g/mol. The quantitative estimate of drug-likeness (QED) is 0.467. The van der Waals surface area contributed by atoms with E-state index in [2.05, 4.69) is 15.6 Å². The van der Waals surface area contributed by atoms with Gasteiger partial charge in [-0.25, -0.2) is 4.98 Å². The molecule has 4 rings (SSSR count). The number of imidazole rings is 1. The van der Waals surface area contributed by atoms with Gasteiger partial charge in [-0.1, -0.05) is 48.9 Å². The van der Waals surface area contributed by atoms with Crippen molar-refractivity contribution in [3.05, 3.63) is 82.9 Å². The van der Waals surface area contributed by atoms with Gasteiger partial charge in [-0.2, -0.15) is 0 Å². The zero-order valence-electron chi connectivity index (χ0n) is 21.7. The molecule has 0 radical (unpaired) electrons. The van der Waals surface area contributed by atoms with Crippen molar-refractivity contribution in [2.24, 2.45) is 0 Å². The van der Waals surface area contributed by atoms with Crippen molar-refractivity contribution < 1.29 is 19.1 Å². The highest BCUT2D eigenvalue weighted by Gasteiger charge is 2.48. The maximum Gasteiger partial charge on any atom is 0.273 e. The number of rotatable bonds is 9. The van der Waals surface area contributed by atoms with Gasteiger partial charge in [0.1, 0.15) is 17.0 Å². The molecule has 2 aromatic carbocycles. The van der Waals surface area contributed by atoms with Crippen LogP contribution in [0.1, 0.15) is 57.9 Å². The average Bonchev–Trinajstić information content (AvgIpc) is 3.33. The predicted molar refractivity (Wildman–Crippen MR) is 139 cm³/mol. The van der Waals surface area contributed by atoms with Gasteiger partial charge >= 0.3 is 0 Å². The SMILES string of the molecule is CCCN1C(=O)c2c(C(=O)NCc3ccc(OC)cc3)ncn2C[C@@]1(C)C(=O)NCc1ccc(C)cc1. The van der Waals surface area contributed by atoms with Crippen molar-refractivity contribution in [3.63, 3.8) is 0 Å². The van der Waals surface area contributed by atoms with E-state index < -0.39 is 11.4 Å². The second-order valence-electron chi connectivity index (χ2n) is 9.50. The molecule has 1 atom stereocenters. The Morgan fingerprint density at radius 3 is 2.27 bits per heavy atom. The normalized spacial score (nSPS) is 16.8. The van der Waals surface area contributed by atoms with E-state index in [-0.39, 0.29) is 36.3 Å². The lowest BCUT2D eigenvalue weighted by Crippen LogP contribution is -2.64. The number of methoxy groups -OCH3 is 1. The summed E-state index contributed by atoms with van der Waals surface area (Å²) in [7, 11) is 1.59. The minimum absolute atomic E-state index is 0.0572. The standard InChI is InChI=1S/C28H33N5O4/c1-5-14-33-26(35)24-23(25(34)29-15-21-10-12-22(37-4)13-11-21)31-18-32(24)17-28(33,3)27(36)30-16-20-8-6-19(2)7-9-20/h6-13,18H,5,14-17H2,1-4H3,(H,29,34)(H,30,36)/t28-/m0/s1. The van der Waals surface area contributed by atoms with Crippen LogP contribution in [0.5, 0.6) is 5.75 Å². The maximum atomic E-state index is 13.7. The Kier molecular flexibility index (Phi) is 7.61. The van der Waals surface area contributed by atoms with Crippen LogP contribution in [0.2, 0.25) is 0 Å². The van der Waals surface area contributed by atoms with E-state index in [1.165, 1.54) is 6.33 Å². The fourth-order valence-electron chi connectivity index (χ4n) is 4.52. The summed E-state index contributed by atoms with van der Waals surface area (Å²) in [5, 5.41) is 5.83. The molecule has 37 heavy (non-hydrogen) atoms. The molecule has 0 unspecified atom stereocenters. The number of amides is 3. The number of fused-ring (bicyclic) bond motifs is 1. The molecule has 9 heteroatoms. The molecule has 9 nitrogen and oxygen atoms in total. The molecule has 0 fully saturated rings. The molecule has 1 aliphatic rings. The number of benzene rings is 2. The Bertz CT molecular complexity index is 1280. The number of aromatic nitrogens is 2. The maximum absolute atomic E-state index is 13.7. The third-order valence-electron chi connectivity index (χ3n) is 6.70. The monoisotopic (exact) mass is 503 g/mol. The molecule has 0 saturated carbocycles. The highest BCUT2D eigenvalue weighted by Crippen LogP contribution is 2.29. The molecule has 0 saturated heterocycles. The summed E-state index contributed by atoms with van der Waals surface area (Å²) in [6.45, 7) is 6.94. The number of hydrogen-bond donors (Lipinski definition) is 2. The lowest BCUT2D eigenvalue weighted by atomic mass is 9.93. The summed E-state index contributed by atoms with van der Waals surface area (Å²) in [6, 6.07) is 15.3. The predicted octanol–water partition coefficient (Wildman–Crippen LogP) is 3.07. The van der Waals surface area contributed by atoms with Gasteiger partial charge in [0.2, 0.25) is 5.91 Å². The van der Waals surface area contributed by atoms with Gasteiger partial charge in [-0.3, -0.25) is 14.4 Å². The van der Waals surface area contributed by atoms with Gasteiger partial charge in [0.05, 0.1) is 20.0 Å². The van der Waals surface area contributed by atoms with Crippen molar-refractivity contribution in [1.29, 1.82) is 0 Å². The van der Waals surface area contributed by atoms with Crippen LogP contribution >= 0.6 is 0 Å². The minimum atomic E-state index is -1.12. The van der Waals surface area contributed by atoms with E-state index in [1.54, 1.807) is 23.5 Å². The Morgan fingerprint density at radius 1 is 1.03 bits per heavy atom. The number of carbonyl (C=O) groups excluding carboxylic acids is 3. The molecule has 3 amide bonds. The summed E-state index contributed by atoms with van der Waals surface area (Å²) in [4.78, 5) is 45.9. The zero-order chi connectivity index (χ0) is 26.6. The van der Waals surface area contributed by atoms with E-state index in [1.807, 2.05) is 62.4 Å². The Hall–Kier alpha value is -4.14. The van der Waals surface area contributed by atoms with Gasteiger partial charge in [0.15, 0.2) is 5.69 Å². The fraction of sp³-hybridized carbons (Fsp3) is 0.357. The topological polar surface area (TPSA) is 106 Å². The first-order chi connectivity index (χ1) is 17.8. The first-order valence-corrected chi connectivity index (χ1v) is 12.4. The number of nitrogens with zero attached hydrogens (tertiary/aromatic N) is 3. The zero-order valence-corrected chi connectivity index (χ0v) is 21.7. The minimum Gasteiger partial charge on any atom is -0.497 e. The van der Waals surface area contributed by atoms with Crippen LogP contribution in [0, 0.1) is 6.92 Å². The van der Waals surface area contributed by atoms with E-state index >= 15 is 0 Å². The van der Waals surface area contributed by atoms with Crippen molar-refractivity contribution in [2.45, 2.75) is 52.4 Å². The molecule has 0 spiro atoms. The first kappa shape index (κ1) is 25.9. The van der Waals surface area contributed by atoms with Gasteiger partial charge in [-0.05, 0) is 43.5 Å². The van der Waals surface area contributed by atoms with Crippen molar-refractivity contribution in [3.8, 4) is 5.75 Å². The molecule has 1 aromatic heterocycles. The summed E-state index contributed by atoms with van der Waals surface area (Å²) in [5.74, 6) is -0.347. The third kappa shape index (κ3) is 5.35. The first-order valence-electron chi connectivity index (χ1n) is 12.4. The number of ether oxygens (including phenoxy) is 1. The van der Waals surface area contributed by atoms with E-state index in [9.17, 15) is 14.4 Å². The molecule has 3 aromatic rings. The Morgan fingerprint density at radius 2 is 1.65 bits per heavy atom. The summed E-state index contributed by atoms with van der Waals surface area (Å²) < 4.78 is 6.78. The van der Waals surface area contributed by atoms with E-state index in [4.69, 9.17) is 4.74 Å². The van der Waals surface area contributed by atoms with E-state index in [0.717, 1.165) is 22.4 Å². The lowest BCUT2D eigenvalue weighted by Gasteiger charge is -2.43. The van der Waals surface area contributed by atoms with Crippen molar-refractivity contribution in [2.75, 3.05) is 13.7 Å². The summed E-state index contributed by atoms with van der Waals surface area (Å²) in [6.07, 6.45) is 2.13. The molecule has 2 heterocycles. The Balaban J connectivity index is 1.51. The fourth-order valence-corrected chi connectivity index (χ4v) is 4.52. The van der Waals surface area contributed by atoms with Crippen LogP contribution in [0.3, 0.4) is 0 Å². The molecule has 0 aliphatic carbocycles. The van der Waals surface area contributed by atoms with Crippen LogP contribution in [0.25, 0.3) is 0 Å². The van der Waals surface area contributed by atoms with Gasteiger partial charge < -0.3 is 24.8 Å². The second kappa shape index (κ2) is 10.9. The van der Waals surface area contributed by atoms with Gasteiger partial charge in [-0.15, -0.1) is 0 Å². The molecular weight excluding hydrogens is 470 g/mol. The molecular formula is C28H33N5O4. The molecule has 0 bridgehead atoms. The highest BCUT2D eigenvalue weighted by molar-refractivity contribution is 6.07. The van der Waals surface area contributed by atoms with Crippen LogP contribution in [-0.4, -0.2) is 51.4 Å². The van der Waals surface area contributed by atoms with Gasteiger partial charge in [0, 0.05) is 19.6 Å². The number of hydrogen-bond acceptors (Lipinski definition) is 5.